The van der Waals surface area contributed by atoms with Crippen molar-refractivity contribution in [3.63, 3.8) is 0 Å². The van der Waals surface area contributed by atoms with Gasteiger partial charge in [0.05, 0.1) is 42.2 Å². The predicted octanol–water partition coefficient (Wildman–Crippen LogP) is 8.31. The van der Waals surface area contributed by atoms with Crippen LogP contribution in [0.1, 0.15) is 22.8 Å². The number of hydrogen-bond donors (Lipinski definition) is 2. The van der Waals surface area contributed by atoms with Gasteiger partial charge in [-0.2, -0.15) is 0 Å². The number of ether oxygens (including phenoxy) is 3. The first-order chi connectivity index (χ1) is 17.5. The topological polar surface area (TPSA) is 85.2 Å². The number of phenols is 1. The van der Waals surface area contributed by atoms with Crippen LogP contribution in [0.5, 0.6) is 17.2 Å². The van der Waals surface area contributed by atoms with Gasteiger partial charge in [0.2, 0.25) is 0 Å². The third kappa shape index (κ3) is 5.72. The molecule has 192 valence electrons. The number of halogens is 5. The molecule has 11 heteroatoms. The molecule has 3 aromatic carbocycles. The number of hydrogen-bond acceptors (Lipinski definition) is 6. The minimum atomic E-state index is -1.33. The average molecular weight is 825 g/mol. The summed E-state index contributed by atoms with van der Waals surface area (Å²) in [5, 5.41) is 21.7. The Balaban J connectivity index is 1.94. The minimum absolute atomic E-state index is 0.00400. The van der Waals surface area contributed by atoms with Crippen molar-refractivity contribution in [2.75, 3.05) is 14.2 Å². The van der Waals surface area contributed by atoms with Crippen LogP contribution in [0, 0.1) is 0 Å². The number of allylic oxidation sites excluding steroid dienone is 1. The van der Waals surface area contributed by atoms with Crippen LogP contribution in [-0.4, -0.2) is 30.4 Å². The van der Waals surface area contributed by atoms with Gasteiger partial charge in [-0.25, -0.2) is 4.79 Å². The van der Waals surface area contributed by atoms with E-state index in [2.05, 4.69) is 79.6 Å². The molecule has 0 spiro atoms. The lowest BCUT2D eigenvalue weighted by atomic mass is 9.92. The zero-order chi connectivity index (χ0) is 27.0. The van der Waals surface area contributed by atoms with E-state index in [1.807, 2.05) is 12.1 Å². The van der Waals surface area contributed by atoms with Gasteiger partial charge in [-0.1, -0.05) is 6.07 Å². The normalized spacial score (nSPS) is 15.2. The Morgan fingerprint density at radius 3 is 2.03 bits per heavy atom. The molecule has 1 aliphatic rings. The Hall–Kier alpha value is -1.63. The highest BCUT2D eigenvalue weighted by molar-refractivity contribution is 9.11. The lowest BCUT2D eigenvalue weighted by Gasteiger charge is -2.16. The Morgan fingerprint density at radius 1 is 0.865 bits per heavy atom. The van der Waals surface area contributed by atoms with Crippen LogP contribution >= 0.6 is 79.6 Å². The van der Waals surface area contributed by atoms with E-state index in [1.165, 1.54) is 7.11 Å². The van der Waals surface area contributed by atoms with Gasteiger partial charge in [0.15, 0.2) is 0 Å². The molecule has 0 radical (unpaired) electrons. The smallest absolute Gasteiger partial charge is 0.343 e. The molecule has 6 nitrogen and oxygen atoms in total. The number of esters is 1. The van der Waals surface area contributed by atoms with Crippen LogP contribution in [0.15, 0.2) is 76.2 Å². The number of aliphatic hydroxyl groups excluding tert-OH is 1. The maximum Gasteiger partial charge on any atom is 0.343 e. The van der Waals surface area contributed by atoms with E-state index >= 15 is 0 Å². The Morgan fingerprint density at radius 2 is 1.49 bits per heavy atom. The van der Waals surface area contributed by atoms with Gasteiger partial charge in [-0.3, -0.25) is 0 Å². The fraction of sp³-hybridized carbons (Fsp3) is 0.115. The molecule has 0 aromatic heterocycles. The van der Waals surface area contributed by atoms with Crippen molar-refractivity contribution in [2.45, 2.75) is 6.10 Å². The molecular weight excluding hydrogens is 808 g/mol. The van der Waals surface area contributed by atoms with E-state index in [4.69, 9.17) is 14.2 Å². The second-order valence-corrected chi connectivity index (χ2v) is 12.1. The summed E-state index contributed by atoms with van der Waals surface area (Å²) in [7, 11) is 3.10. The van der Waals surface area contributed by atoms with Gasteiger partial charge < -0.3 is 24.4 Å². The molecule has 0 fully saturated rings. The molecule has 1 unspecified atom stereocenters. The van der Waals surface area contributed by atoms with Gasteiger partial charge >= 0.3 is 5.97 Å². The number of phenolic OH excluding ortho intramolecular Hbond substituents is 1. The summed E-state index contributed by atoms with van der Waals surface area (Å²) in [6.45, 7) is 0. The molecule has 0 amide bonds. The highest BCUT2D eigenvalue weighted by atomic mass is 79.9. The number of aliphatic hydroxyl groups is 1. The van der Waals surface area contributed by atoms with Crippen molar-refractivity contribution < 1.29 is 29.2 Å². The lowest BCUT2D eigenvalue weighted by Crippen LogP contribution is -2.10. The average Bonchev–Trinajstić information content (AvgIpc) is 3.16. The van der Waals surface area contributed by atoms with Crippen molar-refractivity contribution in [1.82, 2.24) is 0 Å². The summed E-state index contributed by atoms with van der Waals surface area (Å²) in [6.07, 6.45) is 0.368. The summed E-state index contributed by atoms with van der Waals surface area (Å²) in [5.41, 5.74) is 2.15. The van der Waals surface area contributed by atoms with Crippen LogP contribution in [0.3, 0.4) is 0 Å². The van der Waals surface area contributed by atoms with E-state index in [1.54, 1.807) is 43.5 Å². The zero-order valence-electron chi connectivity index (χ0n) is 19.1. The molecule has 4 rings (SSSR count). The van der Waals surface area contributed by atoms with Gasteiger partial charge in [-0.05, 0) is 139 Å². The zero-order valence-corrected chi connectivity index (χ0v) is 27.0. The van der Waals surface area contributed by atoms with Crippen LogP contribution in [-0.2, 0) is 9.53 Å². The first-order valence-corrected chi connectivity index (χ1v) is 14.4. The van der Waals surface area contributed by atoms with Gasteiger partial charge in [0.1, 0.15) is 29.1 Å². The van der Waals surface area contributed by atoms with E-state index in [0.29, 0.717) is 46.1 Å². The van der Waals surface area contributed by atoms with Gasteiger partial charge in [0, 0.05) is 5.57 Å². The molecule has 2 N–H and O–H groups in total. The maximum atomic E-state index is 13.2. The Kier molecular flexibility index (Phi) is 8.92. The summed E-state index contributed by atoms with van der Waals surface area (Å²) < 4.78 is 19.1. The molecule has 1 aliphatic heterocycles. The summed E-state index contributed by atoms with van der Waals surface area (Å²) >= 11 is 17.1. The number of aromatic hydroxyl groups is 1. The SMILES string of the molecule is COc1ccc(/C=C2\OC(=O)C(C(O)c3cc(Br)c(OC)c(Br)c3)=C2c2cc(Br)c(O)c(Br)c2)cc1Br. The Bertz CT molecular complexity index is 1430. The highest BCUT2D eigenvalue weighted by Gasteiger charge is 2.37. The number of cyclic esters (lactones) is 1. The monoisotopic (exact) mass is 820 g/mol. The van der Waals surface area contributed by atoms with Gasteiger partial charge in [0.25, 0.3) is 0 Å². The number of rotatable bonds is 6. The molecule has 1 atom stereocenters. The third-order valence-corrected chi connectivity index (χ3v) is 8.54. The second-order valence-electron chi connectivity index (χ2n) is 7.79. The number of methoxy groups -OCH3 is 2. The minimum Gasteiger partial charge on any atom is -0.506 e. The fourth-order valence-electron chi connectivity index (χ4n) is 3.82. The summed E-state index contributed by atoms with van der Waals surface area (Å²) in [5.74, 6) is 0.761. The van der Waals surface area contributed by atoms with Gasteiger partial charge in [-0.15, -0.1) is 0 Å². The van der Waals surface area contributed by atoms with Crippen molar-refractivity contribution in [3.8, 4) is 17.2 Å². The predicted molar refractivity (Wildman–Crippen MR) is 159 cm³/mol. The van der Waals surface area contributed by atoms with Crippen LogP contribution < -0.4 is 9.47 Å². The Labute approximate surface area is 255 Å². The summed E-state index contributed by atoms with van der Waals surface area (Å²) in [4.78, 5) is 13.2. The second kappa shape index (κ2) is 11.6. The molecular formula is C26H17Br5O6. The number of carbonyl (C=O) groups is 1. The molecule has 1 heterocycles. The van der Waals surface area contributed by atoms with Crippen LogP contribution in [0.4, 0.5) is 0 Å². The molecule has 0 aliphatic carbocycles. The lowest BCUT2D eigenvalue weighted by molar-refractivity contribution is -0.134. The van der Waals surface area contributed by atoms with E-state index in [9.17, 15) is 15.0 Å². The van der Waals surface area contributed by atoms with Crippen molar-refractivity contribution in [1.29, 1.82) is 0 Å². The number of benzene rings is 3. The van der Waals surface area contributed by atoms with Crippen molar-refractivity contribution >= 4 is 97.3 Å². The van der Waals surface area contributed by atoms with Crippen molar-refractivity contribution in [3.05, 3.63) is 92.9 Å². The molecule has 37 heavy (non-hydrogen) atoms. The van der Waals surface area contributed by atoms with E-state index < -0.39 is 12.1 Å². The fourth-order valence-corrected chi connectivity index (χ4v) is 7.11. The van der Waals surface area contributed by atoms with E-state index in [0.717, 1.165) is 10.0 Å². The maximum absolute atomic E-state index is 13.2. The van der Waals surface area contributed by atoms with E-state index in [-0.39, 0.29) is 17.1 Å². The quantitative estimate of drug-likeness (QED) is 0.244. The first kappa shape index (κ1) is 28.4. The number of carbonyl (C=O) groups excluding carboxylic acids is 1. The third-order valence-electron chi connectivity index (χ3n) is 5.53. The molecule has 3 aromatic rings. The summed E-state index contributed by atoms with van der Waals surface area (Å²) in [6, 6.07) is 12.1. The van der Waals surface area contributed by atoms with Crippen LogP contribution in [0.25, 0.3) is 11.6 Å². The largest absolute Gasteiger partial charge is 0.506 e. The van der Waals surface area contributed by atoms with Crippen LogP contribution in [0.2, 0.25) is 0 Å². The molecule has 0 saturated carbocycles. The highest BCUT2D eigenvalue weighted by Crippen LogP contribution is 2.46. The first-order valence-electron chi connectivity index (χ1n) is 10.5. The molecule has 0 saturated heterocycles. The van der Waals surface area contributed by atoms with Crippen molar-refractivity contribution in [2.24, 2.45) is 0 Å². The molecule has 0 bridgehead atoms. The standard InChI is InChI=1S/C26H17Br5O6/c1-35-19-4-3-11(5-14(19)27)6-20-21(12-7-15(28)24(33)16(29)8-12)22(26(34)37-20)23(32)13-9-17(30)25(36-2)18(31)10-13/h3-10,23,32-33H,1-2H3/b20-6-.